The summed E-state index contributed by atoms with van der Waals surface area (Å²) >= 11 is 6.16. The van der Waals surface area contributed by atoms with E-state index in [-0.39, 0.29) is 29.6 Å². The maximum atomic E-state index is 15.2. The second-order valence-corrected chi connectivity index (χ2v) is 8.09. The normalized spacial score (nSPS) is 13.5. The Hall–Kier alpha value is -3.19. The molecule has 1 aliphatic carbocycles. The molecule has 0 saturated carbocycles. The Kier molecular flexibility index (Phi) is 8.22. The number of ether oxygens (including phenoxy) is 2. The summed E-state index contributed by atoms with van der Waals surface area (Å²) in [6, 6.07) is 4.32. The van der Waals surface area contributed by atoms with E-state index in [4.69, 9.17) is 21.1 Å². The molecule has 33 heavy (non-hydrogen) atoms. The molecule has 8 heteroatoms. The van der Waals surface area contributed by atoms with Gasteiger partial charge in [-0.05, 0) is 55.9 Å². The van der Waals surface area contributed by atoms with Crippen molar-refractivity contribution in [2.75, 3.05) is 18.6 Å². The van der Waals surface area contributed by atoms with Crippen LogP contribution in [0.25, 0.3) is 0 Å². The standard InChI is InChI=1S/C25H26ClFN2O4/c1-4-11-33-23-13-22(21(27)12-20(23)26)29(15-17-14-28-10-9-16(17)2)24(30)18-7-5-6-8-19(18)25(31)32-3/h4,9-10,12-14H,1,5-8,11,15H2,2-3H3. The van der Waals surface area contributed by atoms with Crippen LogP contribution in [0.5, 0.6) is 5.75 Å². The summed E-state index contributed by atoms with van der Waals surface area (Å²) in [5.41, 5.74) is 2.29. The van der Waals surface area contributed by atoms with Gasteiger partial charge in [0.1, 0.15) is 18.2 Å². The quantitative estimate of drug-likeness (QED) is 0.384. The van der Waals surface area contributed by atoms with Crippen LogP contribution < -0.4 is 9.64 Å². The number of rotatable bonds is 8. The molecule has 0 saturated heterocycles. The molecule has 0 fully saturated rings. The third-order valence-electron chi connectivity index (χ3n) is 5.53. The fraction of sp³-hybridized carbons (Fsp3) is 0.320. The van der Waals surface area contributed by atoms with Crippen LogP contribution in [0.4, 0.5) is 10.1 Å². The van der Waals surface area contributed by atoms with Gasteiger partial charge in [0, 0.05) is 29.6 Å². The number of carbonyl (C=O) groups is 2. The van der Waals surface area contributed by atoms with E-state index in [2.05, 4.69) is 11.6 Å². The number of pyridine rings is 1. The lowest BCUT2D eigenvalue weighted by Gasteiger charge is -2.28. The van der Waals surface area contributed by atoms with Crippen LogP contribution in [0.15, 0.2) is 54.4 Å². The highest BCUT2D eigenvalue weighted by Crippen LogP contribution is 2.36. The number of nitrogens with zero attached hydrogens (tertiary/aromatic N) is 2. The van der Waals surface area contributed by atoms with Crippen molar-refractivity contribution in [3.05, 3.63) is 76.4 Å². The van der Waals surface area contributed by atoms with Crippen LogP contribution in [0.3, 0.4) is 0 Å². The number of aromatic nitrogens is 1. The Morgan fingerprint density at radius 3 is 2.67 bits per heavy atom. The Morgan fingerprint density at radius 1 is 1.27 bits per heavy atom. The highest BCUT2D eigenvalue weighted by Gasteiger charge is 2.30. The predicted molar refractivity (Wildman–Crippen MR) is 125 cm³/mol. The number of hydrogen-bond acceptors (Lipinski definition) is 5. The largest absolute Gasteiger partial charge is 0.488 e. The molecule has 0 spiro atoms. The molecule has 1 aromatic heterocycles. The van der Waals surface area contributed by atoms with Crippen LogP contribution in [0.2, 0.25) is 5.02 Å². The van der Waals surface area contributed by atoms with Crippen LogP contribution in [-0.4, -0.2) is 30.6 Å². The molecule has 0 N–H and O–H groups in total. The van der Waals surface area contributed by atoms with E-state index in [1.54, 1.807) is 12.4 Å². The summed E-state index contributed by atoms with van der Waals surface area (Å²) in [6.07, 6.45) is 7.18. The number of aryl methyl sites for hydroxylation is 1. The number of methoxy groups -OCH3 is 1. The highest BCUT2D eigenvalue weighted by atomic mass is 35.5. The van der Waals surface area contributed by atoms with E-state index < -0.39 is 17.7 Å². The molecule has 1 aromatic carbocycles. The highest BCUT2D eigenvalue weighted by molar-refractivity contribution is 6.32. The first kappa shape index (κ1) is 24.5. The molecular formula is C25H26ClFN2O4. The molecule has 2 aromatic rings. The monoisotopic (exact) mass is 472 g/mol. The van der Waals surface area contributed by atoms with Crippen LogP contribution in [0.1, 0.15) is 36.8 Å². The van der Waals surface area contributed by atoms with Crippen molar-refractivity contribution in [3.8, 4) is 5.75 Å². The minimum atomic E-state index is -0.683. The second-order valence-electron chi connectivity index (χ2n) is 7.68. The van der Waals surface area contributed by atoms with Gasteiger partial charge in [-0.2, -0.15) is 0 Å². The van der Waals surface area contributed by atoms with Crippen molar-refractivity contribution in [2.45, 2.75) is 39.2 Å². The van der Waals surface area contributed by atoms with E-state index in [1.807, 2.05) is 13.0 Å². The van der Waals surface area contributed by atoms with Gasteiger partial charge in [0.2, 0.25) is 0 Å². The molecule has 0 atom stereocenters. The number of halogens is 2. The van der Waals surface area contributed by atoms with Crippen molar-refractivity contribution in [1.29, 1.82) is 0 Å². The lowest BCUT2D eigenvalue weighted by Crippen LogP contribution is -2.34. The Labute approximate surface area is 197 Å². The number of hydrogen-bond donors (Lipinski definition) is 0. The molecule has 6 nitrogen and oxygen atoms in total. The number of amides is 1. The fourth-order valence-electron chi connectivity index (χ4n) is 3.74. The van der Waals surface area contributed by atoms with E-state index in [9.17, 15) is 9.59 Å². The zero-order valence-corrected chi connectivity index (χ0v) is 19.5. The zero-order valence-electron chi connectivity index (χ0n) is 18.7. The van der Waals surface area contributed by atoms with Crippen LogP contribution >= 0.6 is 11.6 Å². The summed E-state index contributed by atoms with van der Waals surface area (Å²) in [7, 11) is 1.28. The van der Waals surface area contributed by atoms with E-state index >= 15 is 4.39 Å². The van der Waals surface area contributed by atoms with Gasteiger partial charge < -0.3 is 14.4 Å². The van der Waals surface area contributed by atoms with Crippen molar-refractivity contribution in [2.24, 2.45) is 0 Å². The minimum Gasteiger partial charge on any atom is -0.488 e. The van der Waals surface area contributed by atoms with Gasteiger partial charge in [-0.15, -0.1) is 0 Å². The number of esters is 1. The van der Waals surface area contributed by atoms with Gasteiger partial charge in [0.05, 0.1) is 24.4 Å². The van der Waals surface area contributed by atoms with Gasteiger partial charge >= 0.3 is 5.97 Å². The van der Waals surface area contributed by atoms with E-state index in [0.29, 0.717) is 24.0 Å². The first-order valence-electron chi connectivity index (χ1n) is 10.6. The van der Waals surface area contributed by atoms with Crippen molar-refractivity contribution in [1.82, 2.24) is 4.98 Å². The number of benzene rings is 1. The minimum absolute atomic E-state index is 0.00555. The molecule has 1 aliphatic rings. The van der Waals surface area contributed by atoms with Gasteiger partial charge in [-0.1, -0.05) is 24.3 Å². The van der Waals surface area contributed by atoms with E-state index in [1.165, 1.54) is 24.2 Å². The summed E-state index contributed by atoms with van der Waals surface area (Å²) in [5.74, 6) is -1.47. The lowest BCUT2D eigenvalue weighted by molar-refractivity contribution is -0.136. The average molecular weight is 473 g/mol. The first-order valence-corrected chi connectivity index (χ1v) is 11.0. The lowest BCUT2D eigenvalue weighted by atomic mass is 9.90. The fourth-order valence-corrected chi connectivity index (χ4v) is 3.94. The molecule has 1 heterocycles. The molecule has 174 valence electrons. The summed E-state index contributed by atoms with van der Waals surface area (Å²) in [6.45, 7) is 5.71. The third-order valence-corrected chi connectivity index (χ3v) is 5.82. The van der Waals surface area contributed by atoms with Crippen LogP contribution in [-0.2, 0) is 20.9 Å². The maximum absolute atomic E-state index is 15.2. The molecule has 1 amide bonds. The first-order chi connectivity index (χ1) is 15.9. The number of carbonyl (C=O) groups excluding carboxylic acids is 2. The second kappa shape index (κ2) is 11.1. The van der Waals surface area contributed by atoms with Crippen LogP contribution in [0, 0.1) is 12.7 Å². The topological polar surface area (TPSA) is 68.7 Å². The molecule has 0 unspecified atom stereocenters. The Balaban J connectivity index is 2.14. The number of anilines is 1. The Bertz CT molecular complexity index is 1100. The molecule has 0 bridgehead atoms. The molecule has 0 aliphatic heterocycles. The summed E-state index contributed by atoms with van der Waals surface area (Å²) in [4.78, 5) is 31.6. The molecule has 3 rings (SSSR count). The Morgan fingerprint density at radius 2 is 2.00 bits per heavy atom. The summed E-state index contributed by atoms with van der Waals surface area (Å²) in [5, 5.41) is 0.0789. The van der Waals surface area contributed by atoms with Gasteiger partial charge in [0.25, 0.3) is 5.91 Å². The van der Waals surface area contributed by atoms with Gasteiger partial charge in [-0.25, -0.2) is 9.18 Å². The molecule has 0 radical (unpaired) electrons. The van der Waals surface area contributed by atoms with E-state index in [0.717, 1.165) is 30.0 Å². The van der Waals surface area contributed by atoms with Gasteiger partial charge in [0.15, 0.2) is 0 Å². The maximum Gasteiger partial charge on any atom is 0.334 e. The third kappa shape index (κ3) is 5.60. The smallest absolute Gasteiger partial charge is 0.334 e. The van der Waals surface area contributed by atoms with Crippen molar-refractivity contribution >= 4 is 29.2 Å². The SMILES string of the molecule is C=CCOc1cc(N(Cc2cnccc2C)C(=O)C2=C(C(=O)OC)CCCC2)c(F)cc1Cl. The van der Waals surface area contributed by atoms with Crippen molar-refractivity contribution in [3.63, 3.8) is 0 Å². The van der Waals surface area contributed by atoms with Gasteiger partial charge in [-0.3, -0.25) is 9.78 Å². The average Bonchev–Trinajstić information content (AvgIpc) is 2.82. The summed E-state index contributed by atoms with van der Waals surface area (Å²) < 4.78 is 25.6. The predicted octanol–water partition coefficient (Wildman–Crippen LogP) is 5.32. The van der Waals surface area contributed by atoms with Crippen molar-refractivity contribution < 1.29 is 23.5 Å². The molecular weight excluding hydrogens is 447 g/mol. The zero-order chi connectivity index (χ0) is 24.0.